The molecule has 0 aromatic carbocycles. The Balaban J connectivity index is 4.33. The fraction of sp³-hybridized carbons (Fsp3) is 0.676. The summed E-state index contributed by atoms with van der Waals surface area (Å²) in [6, 6.07) is 0. The van der Waals surface area contributed by atoms with Crippen LogP contribution in [0.3, 0.4) is 0 Å². The summed E-state index contributed by atoms with van der Waals surface area (Å²) in [6.45, 7) is 6.46. The first kappa shape index (κ1) is 72.8. The second-order valence-electron chi connectivity index (χ2n) is 20.9. The third kappa shape index (κ3) is 62.5. The van der Waals surface area contributed by atoms with E-state index in [2.05, 4.69) is 142 Å². The molecule has 0 saturated carbocycles. The van der Waals surface area contributed by atoms with Gasteiger partial charge < -0.3 is 14.2 Å². The molecule has 0 rings (SSSR count). The van der Waals surface area contributed by atoms with Crippen LogP contribution in [0.4, 0.5) is 0 Å². The zero-order valence-corrected chi connectivity index (χ0v) is 50.2. The van der Waals surface area contributed by atoms with E-state index in [0.717, 1.165) is 148 Å². The molecule has 77 heavy (non-hydrogen) atoms. The molecule has 0 fully saturated rings. The lowest BCUT2D eigenvalue weighted by Gasteiger charge is -2.18. The van der Waals surface area contributed by atoms with Gasteiger partial charge in [0, 0.05) is 19.3 Å². The number of rotatable bonds is 57. The molecule has 0 aliphatic carbocycles. The molecular formula is C71H118O6. The fourth-order valence-electron chi connectivity index (χ4n) is 8.62. The van der Waals surface area contributed by atoms with E-state index in [1.54, 1.807) is 0 Å². The number of allylic oxidation sites excluding steroid dienone is 20. The minimum Gasteiger partial charge on any atom is -0.462 e. The van der Waals surface area contributed by atoms with Crippen molar-refractivity contribution in [1.82, 2.24) is 0 Å². The van der Waals surface area contributed by atoms with E-state index in [0.29, 0.717) is 19.3 Å². The number of hydrogen-bond donors (Lipinski definition) is 0. The van der Waals surface area contributed by atoms with Gasteiger partial charge in [-0.1, -0.05) is 258 Å². The predicted molar refractivity (Wildman–Crippen MR) is 334 cm³/mol. The maximum Gasteiger partial charge on any atom is 0.306 e. The summed E-state index contributed by atoms with van der Waals surface area (Å²) in [6.07, 6.45) is 89.1. The number of hydrogen-bond acceptors (Lipinski definition) is 6. The van der Waals surface area contributed by atoms with Crippen LogP contribution in [0, 0.1) is 0 Å². The van der Waals surface area contributed by atoms with Crippen molar-refractivity contribution < 1.29 is 28.6 Å². The van der Waals surface area contributed by atoms with Crippen molar-refractivity contribution in [1.29, 1.82) is 0 Å². The summed E-state index contributed by atoms with van der Waals surface area (Å²) in [5.41, 5.74) is 0. The largest absolute Gasteiger partial charge is 0.462 e. The zero-order chi connectivity index (χ0) is 55.7. The van der Waals surface area contributed by atoms with E-state index in [4.69, 9.17) is 14.2 Å². The zero-order valence-electron chi connectivity index (χ0n) is 50.2. The van der Waals surface area contributed by atoms with Gasteiger partial charge in [-0.05, 0) is 135 Å². The van der Waals surface area contributed by atoms with E-state index in [1.165, 1.54) is 103 Å². The third-order valence-corrected chi connectivity index (χ3v) is 13.4. The minimum absolute atomic E-state index is 0.0922. The molecule has 6 nitrogen and oxygen atoms in total. The first-order valence-electron chi connectivity index (χ1n) is 32.0. The first-order chi connectivity index (χ1) is 38.0. The van der Waals surface area contributed by atoms with Gasteiger partial charge in [-0.15, -0.1) is 0 Å². The summed E-state index contributed by atoms with van der Waals surface area (Å²) in [7, 11) is 0. The van der Waals surface area contributed by atoms with Crippen LogP contribution < -0.4 is 0 Å². The molecule has 0 heterocycles. The Morgan fingerprint density at radius 2 is 0.506 bits per heavy atom. The Morgan fingerprint density at radius 3 is 0.792 bits per heavy atom. The lowest BCUT2D eigenvalue weighted by atomic mass is 10.1. The summed E-state index contributed by atoms with van der Waals surface area (Å²) >= 11 is 0. The summed E-state index contributed by atoms with van der Waals surface area (Å²) in [5, 5.41) is 0. The van der Waals surface area contributed by atoms with Crippen molar-refractivity contribution in [2.45, 2.75) is 297 Å². The Bertz CT molecular complexity index is 1600. The SMILES string of the molecule is CC/C=C\C/C=C\C/C=C\C/C=C\C/C=C\C/C=C\CCCCCCCCCCCCC(=O)OCC(COC(=O)CCCCCCC/C=C\C/C=C\CCCCC)OC(=O)CCCCCCC/C=C\C/C=C\CCCCC. The van der Waals surface area contributed by atoms with Crippen LogP contribution in [0.15, 0.2) is 122 Å². The quantitative estimate of drug-likeness (QED) is 0.0261. The van der Waals surface area contributed by atoms with Crippen LogP contribution >= 0.6 is 0 Å². The van der Waals surface area contributed by atoms with E-state index in [9.17, 15) is 14.4 Å². The van der Waals surface area contributed by atoms with Crippen LogP contribution in [-0.2, 0) is 28.6 Å². The predicted octanol–water partition coefficient (Wildman–Crippen LogP) is 22.0. The fourth-order valence-corrected chi connectivity index (χ4v) is 8.62. The topological polar surface area (TPSA) is 78.9 Å². The number of esters is 3. The van der Waals surface area contributed by atoms with Crippen molar-refractivity contribution in [3.8, 4) is 0 Å². The Kier molecular flexibility index (Phi) is 60.8. The second kappa shape index (κ2) is 64.3. The average Bonchev–Trinajstić information content (AvgIpc) is 3.43. The monoisotopic (exact) mass is 1070 g/mol. The molecular weight excluding hydrogens is 949 g/mol. The summed E-state index contributed by atoms with van der Waals surface area (Å²) in [5.74, 6) is -0.920. The Hall–Kier alpha value is -4.19. The highest BCUT2D eigenvalue weighted by atomic mass is 16.6. The molecule has 0 N–H and O–H groups in total. The molecule has 1 unspecified atom stereocenters. The summed E-state index contributed by atoms with van der Waals surface area (Å²) < 4.78 is 16.9. The van der Waals surface area contributed by atoms with Gasteiger partial charge >= 0.3 is 17.9 Å². The lowest BCUT2D eigenvalue weighted by molar-refractivity contribution is -0.167. The van der Waals surface area contributed by atoms with Gasteiger partial charge in [0.15, 0.2) is 6.10 Å². The summed E-state index contributed by atoms with van der Waals surface area (Å²) in [4.78, 5) is 38.3. The number of carbonyl (C=O) groups is 3. The molecule has 0 amide bonds. The standard InChI is InChI=1S/C71H118O6/c1-4-7-10-13-16-19-22-25-28-29-30-31-32-33-34-35-36-37-38-39-40-41-44-46-49-52-55-58-61-64-70(73)76-67-68(77-71(74)65-62-59-56-53-50-47-43-27-24-21-18-15-12-9-6-3)66-75-69(72)63-60-57-54-51-48-45-42-26-23-20-17-14-11-8-5-2/h7,10,16-21,25-28,30-31,33-34,36-37,42-43,68H,4-6,8-9,11-15,22-24,29,32,35,38-41,44-67H2,1-3H3/b10-7-,19-16-,20-17-,21-18-,28-25-,31-30-,34-33-,37-36-,42-26-,43-27-. The van der Waals surface area contributed by atoms with Crippen molar-refractivity contribution in [2.75, 3.05) is 13.2 Å². The highest BCUT2D eigenvalue weighted by Gasteiger charge is 2.19. The minimum atomic E-state index is -0.797. The molecule has 0 radical (unpaired) electrons. The van der Waals surface area contributed by atoms with Gasteiger partial charge in [-0.3, -0.25) is 14.4 Å². The van der Waals surface area contributed by atoms with Gasteiger partial charge in [0.05, 0.1) is 0 Å². The van der Waals surface area contributed by atoms with Crippen molar-refractivity contribution in [3.05, 3.63) is 122 Å². The van der Waals surface area contributed by atoms with Crippen LogP contribution in [0.5, 0.6) is 0 Å². The average molecular weight is 1070 g/mol. The van der Waals surface area contributed by atoms with Crippen molar-refractivity contribution in [3.63, 3.8) is 0 Å². The molecule has 0 aromatic heterocycles. The second-order valence-corrected chi connectivity index (χ2v) is 20.9. The molecule has 6 heteroatoms. The highest BCUT2D eigenvalue weighted by molar-refractivity contribution is 5.71. The van der Waals surface area contributed by atoms with Gasteiger partial charge in [0.1, 0.15) is 13.2 Å². The normalized spacial score (nSPS) is 12.9. The van der Waals surface area contributed by atoms with E-state index in [-0.39, 0.29) is 31.1 Å². The molecule has 0 aliphatic heterocycles. The smallest absolute Gasteiger partial charge is 0.306 e. The maximum absolute atomic E-state index is 12.9. The Labute approximate surface area is 475 Å². The lowest BCUT2D eigenvalue weighted by Crippen LogP contribution is -2.30. The maximum atomic E-state index is 12.9. The van der Waals surface area contributed by atoms with E-state index in [1.807, 2.05) is 0 Å². The molecule has 438 valence electrons. The number of ether oxygens (including phenoxy) is 3. The van der Waals surface area contributed by atoms with E-state index >= 15 is 0 Å². The third-order valence-electron chi connectivity index (χ3n) is 13.4. The molecule has 0 bridgehead atoms. The number of carbonyl (C=O) groups excluding carboxylic acids is 3. The van der Waals surface area contributed by atoms with Crippen molar-refractivity contribution >= 4 is 17.9 Å². The van der Waals surface area contributed by atoms with Crippen LogP contribution in [0.2, 0.25) is 0 Å². The molecule has 0 aliphatic rings. The van der Waals surface area contributed by atoms with Crippen LogP contribution in [-0.4, -0.2) is 37.2 Å². The van der Waals surface area contributed by atoms with Gasteiger partial charge in [0.2, 0.25) is 0 Å². The molecule has 0 spiro atoms. The van der Waals surface area contributed by atoms with Crippen LogP contribution in [0.1, 0.15) is 290 Å². The van der Waals surface area contributed by atoms with Gasteiger partial charge in [-0.2, -0.15) is 0 Å². The van der Waals surface area contributed by atoms with Crippen LogP contribution in [0.25, 0.3) is 0 Å². The first-order valence-corrected chi connectivity index (χ1v) is 32.0. The van der Waals surface area contributed by atoms with Crippen molar-refractivity contribution in [2.24, 2.45) is 0 Å². The van der Waals surface area contributed by atoms with E-state index < -0.39 is 6.10 Å². The highest BCUT2D eigenvalue weighted by Crippen LogP contribution is 2.15. The number of unbranched alkanes of at least 4 members (excludes halogenated alkanes) is 26. The molecule has 1 atom stereocenters. The molecule has 0 saturated heterocycles. The Morgan fingerprint density at radius 1 is 0.273 bits per heavy atom. The van der Waals surface area contributed by atoms with Gasteiger partial charge in [-0.25, -0.2) is 0 Å². The van der Waals surface area contributed by atoms with Gasteiger partial charge in [0.25, 0.3) is 0 Å². The molecule has 0 aromatic rings.